The van der Waals surface area contributed by atoms with Gasteiger partial charge in [-0.3, -0.25) is 0 Å². The number of carbonyl (C=O) groups is 1. The maximum atomic E-state index is 12.4. The lowest BCUT2D eigenvalue weighted by atomic mass is 9.90. The van der Waals surface area contributed by atoms with E-state index in [0.29, 0.717) is 0 Å². The smallest absolute Gasteiger partial charge is 0.331 e. The van der Waals surface area contributed by atoms with E-state index >= 15 is 0 Å². The molecule has 9 N–H and O–H groups in total. The van der Waals surface area contributed by atoms with E-state index in [0.717, 1.165) is 0 Å². The van der Waals surface area contributed by atoms with Crippen LogP contribution in [0.3, 0.4) is 0 Å². The summed E-state index contributed by atoms with van der Waals surface area (Å²) in [6.45, 7) is 7.38. The molecule has 12 atom stereocenters. The van der Waals surface area contributed by atoms with Crippen LogP contribution in [0, 0.1) is 17.8 Å². The summed E-state index contributed by atoms with van der Waals surface area (Å²) in [4.78, 5) is 12.4. The highest BCUT2D eigenvalue weighted by Crippen LogP contribution is 2.22. The summed E-state index contributed by atoms with van der Waals surface area (Å²) < 4.78 is 5.67. The minimum atomic E-state index is -1.13. The number of cyclic esters (lactones) is 1. The molecule has 0 bridgehead atoms. The van der Waals surface area contributed by atoms with Crippen LogP contribution in [0.4, 0.5) is 0 Å². The van der Waals surface area contributed by atoms with Crippen LogP contribution in [0.2, 0.25) is 0 Å². The first-order valence-electron chi connectivity index (χ1n) is 18.1. The zero-order chi connectivity index (χ0) is 38.3. The topological polar surface area (TPSA) is 208 Å². The summed E-state index contributed by atoms with van der Waals surface area (Å²) in [6.07, 6.45) is 13.4. The molecule has 0 saturated heterocycles. The molecule has 51 heavy (non-hydrogen) atoms. The van der Waals surface area contributed by atoms with Crippen LogP contribution in [0.1, 0.15) is 79.1 Å². The molecule has 0 aromatic carbocycles. The number of rotatable bonds is 1. The third kappa shape index (κ3) is 22.1. The molecule has 290 valence electrons. The molecule has 1 heterocycles. The van der Waals surface area contributed by atoms with E-state index < -0.39 is 72.9 Å². The summed E-state index contributed by atoms with van der Waals surface area (Å²) in [5, 5.41) is 93.9. The predicted molar refractivity (Wildman–Crippen MR) is 198 cm³/mol. The molecule has 0 aromatic heterocycles. The Bertz CT molecular complexity index is 1160. The van der Waals surface area contributed by atoms with Crippen molar-refractivity contribution in [2.24, 2.45) is 17.8 Å². The number of esters is 1. The molecule has 1 aliphatic heterocycles. The Labute approximate surface area is 304 Å². The summed E-state index contributed by atoms with van der Waals surface area (Å²) in [6, 6.07) is 0. The number of ether oxygens (including phenoxy) is 1. The second kappa shape index (κ2) is 26.1. The van der Waals surface area contributed by atoms with Crippen LogP contribution >= 0.6 is 0 Å². The van der Waals surface area contributed by atoms with Gasteiger partial charge in [0.2, 0.25) is 0 Å². The maximum Gasteiger partial charge on any atom is 0.331 e. The predicted octanol–water partition coefficient (Wildman–Crippen LogP) is 3.10. The average molecular weight is 721 g/mol. The minimum absolute atomic E-state index is 0.00960. The summed E-state index contributed by atoms with van der Waals surface area (Å²) >= 11 is 0. The number of hydrogen-bond acceptors (Lipinski definition) is 11. The van der Waals surface area contributed by atoms with Gasteiger partial charge in [-0.1, -0.05) is 107 Å². The van der Waals surface area contributed by atoms with E-state index in [-0.39, 0.29) is 63.2 Å². The lowest BCUT2D eigenvalue weighted by Crippen LogP contribution is -2.34. The quantitative estimate of drug-likeness (QED) is 0.142. The van der Waals surface area contributed by atoms with E-state index in [4.69, 9.17) is 4.74 Å². The SMILES string of the molecule is CC(C)[C@@H]1OC(=O)/C=C/C=C/C=C/C=C/C=C/C=C/C[C@@H](O)[C@@H](C)[C@H](O)C[C@@H](O)C[C@@H](O)C[C@@H](O)C[C@H](O)C[C@@H](O)C[C@@H](O)C[C@H](O)/C=C/[C@H]1C. The van der Waals surface area contributed by atoms with Gasteiger partial charge in [-0.15, -0.1) is 0 Å². The van der Waals surface area contributed by atoms with Crippen molar-refractivity contribution in [1.29, 1.82) is 0 Å². The third-order valence-electron chi connectivity index (χ3n) is 8.77. The zero-order valence-corrected chi connectivity index (χ0v) is 30.6. The number of aliphatic hydroxyl groups excluding tert-OH is 9. The Morgan fingerprint density at radius 2 is 0.961 bits per heavy atom. The van der Waals surface area contributed by atoms with Gasteiger partial charge in [0.05, 0.1) is 54.9 Å². The average Bonchev–Trinajstić information content (AvgIpc) is 3.02. The molecule has 0 spiro atoms. The van der Waals surface area contributed by atoms with Gasteiger partial charge in [-0.05, 0) is 50.9 Å². The van der Waals surface area contributed by atoms with Gasteiger partial charge < -0.3 is 50.7 Å². The summed E-state index contributed by atoms with van der Waals surface area (Å²) in [7, 11) is 0. The first-order chi connectivity index (χ1) is 24.1. The van der Waals surface area contributed by atoms with Crippen molar-refractivity contribution in [3.8, 4) is 0 Å². The Hall–Kier alpha value is -2.71. The summed E-state index contributed by atoms with van der Waals surface area (Å²) in [5.41, 5.74) is 0. The molecule has 11 heteroatoms. The number of hydrogen-bond donors (Lipinski definition) is 9. The molecule has 1 rings (SSSR count). The minimum Gasteiger partial charge on any atom is -0.458 e. The molecule has 0 saturated carbocycles. The standard InChI is InChI=1S/C40H64O11/c1-27(2)40-28(3)18-19-30(41)20-31(42)21-32(43)22-33(44)23-34(45)24-35(46)25-36(47)26-38(49)29(4)37(48)16-14-12-10-8-6-5-7-9-11-13-15-17-39(50)51-40/h5-15,17-19,27-38,40-49H,16,20-26H2,1-4H3/b6-5+,9-7+,10-8+,13-11+,14-12+,17-15+,19-18+/t28-,29-,30-,31+,32+,33-,34+,35+,36+,37-,38-,40+/m1/s1. The second-order valence-corrected chi connectivity index (χ2v) is 14.1. The fourth-order valence-corrected chi connectivity index (χ4v) is 5.85. The highest BCUT2D eigenvalue weighted by atomic mass is 16.5. The van der Waals surface area contributed by atoms with Crippen molar-refractivity contribution in [3.05, 3.63) is 85.1 Å². The number of aliphatic hydroxyl groups is 9. The van der Waals surface area contributed by atoms with Gasteiger partial charge in [0, 0.05) is 24.3 Å². The van der Waals surface area contributed by atoms with Crippen molar-refractivity contribution in [1.82, 2.24) is 0 Å². The lowest BCUT2D eigenvalue weighted by molar-refractivity contribution is -0.147. The van der Waals surface area contributed by atoms with Gasteiger partial charge in [0.25, 0.3) is 0 Å². The van der Waals surface area contributed by atoms with Crippen molar-refractivity contribution in [2.75, 3.05) is 0 Å². The zero-order valence-electron chi connectivity index (χ0n) is 30.6. The van der Waals surface area contributed by atoms with E-state index in [1.54, 1.807) is 55.5 Å². The van der Waals surface area contributed by atoms with E-state index in [2.05, 4.69) is 0 Å². The Balaban J connectivity index is 2.97. The van der Waals surface area contributed by atoms with E-state index in [1.807, 2.05) is 45.1 Å². The number of allylic oxidation sites excluding steroid dienone is 10. The fraction of sp³-hybridized carbons (Fsp3) is 0.625. The molecule has 1 aliphatic rings. The number of carbonyl (C=O) groups excluding carboxylic acids is 1. The largest absolute Gasteiger partial charge is 0.458 e. The Kier molecular flexibility index (Phi) is 23.7. The molecular formula is C40H64O11. The van der Waals surface area contributed by atoms with Crippen molar-refractivity contribution in [2.45, 2.75) is 140 Å². The van der Waals surface area contributed by atoms with E-state index in [1.165, 1.54) is 12.2 Å². The molecule has 0 amide bonds. The molecular weight excluding hydrogens is 656 g/mol. The van der Waals surface area contributed by atoms with Crippen LogP contribution in [0.15, 0.2) is 85.1 Å². The van der Waals surface area contributed by atoms with Crippen LogP contribution < -0.4 is 0 Å². The van der Waals surface area contributed by atoms with Crippen LogP contribution in [-0.4, -0.2) is 113 Å². The van der Waals surface area contributed by atoms with Gasteiger partial charge in [-0.25, -0.2) is 4.79 Å². The van der Waals surface area contributed by atoms with Crippen LogP contribution in [0.5, 0.6) is 0 Å². The lowest BCUT2D eigenvalue weighted by Gasteiger charge is -2.26. The second-order valence-electron chi connectivity index (χ2n) is 14.1. The van der Waals surface area contributed by atoms with Gasteiger partial charge >= 0.3 is 5.97 Å². The highest BCUT2D eigenvalue weighted by Gasteiger charge is 2.27. The molecule has 0 unspecified atom stereocenters. The highest BCUT2D eigenvalue weighted by molar-refractivity contribution is 5.82. The Morgan fingerprint density at radius 1 is 0.549 bits per heavy atom. The molecule has 0 fully saturated rings. The molecule has 0 radical (unpaired) electrons. The molecule has 0 aliphatic carbocycles. The third-order valence-corrected chi connectivity index (χ3v) is 8.77. The van der Waals surface area contributed by atoms with Gasteiger partial charge in [-0.2, -0.15) is 0 Å². The van der Waals surface area contributed by atoms with Crippen molar-refractivity contribution >= 4 is 5.97 Å². The van der Waals surface area contributed by atoms with Crippen LogP contribution in [-0.2, 0) is 9.53 Å². The van der Waals surface area contributed by atoms with Crippen molar-refractivity contribution < 1.29 is 55.5 Å². The first-order valence-corrected chi connectivity index (χ1v) is 18.1. The fourth-order valence-electron chi connectivity index (χ4n) is 5.85. The van der Waals surface area contributed by atoms with E-state index in [9.17, 15) is 50.8 Å². The Morgan fingerprint density at radius 3 is 1.43 bits per heavy atom. The van der Waals surface area contributed by atoms with Crippen molar-refractivity contribution in [3.63, 3.8) is 0 Å². The normalized spacial score (nSPS) is 40.3. The summed E-state index contributed by atoms with van der Waals surface area (Å²) in [5.74, 6) is -1.30. The maximum absolute atomic E-state index is 12.4. The first kappa shape index (κ1) is 46.3. The molecule has 0 aromatic rings. The monoisotopic (exact) mass is 720 g/mol. The van der Waals surface area contributed by atoms with Crippen LogP contribution in [0.25, 0.3) is 0 Å². The van der Waals surface area contributed by atoms with Gasteiger partial charge in [0.15, 0.2) is 0 Å². The molecule has 11 nitrogen and oxygen atoms in total. The van der Waals surface area contributed by atoms with Gasteiger partial charge in [0.1, 0.15) is 6.10 Å².